The van der Waals surface area contributed by atoms with Crippen LogP contribution in [0.1, 0.15) is 17.0 Å². The van der Waals surface area contributed by atoms with Crippen molar-refractivity contribution in [3.8, 4) is 12.3 Å². The van der Waals surface area contributed by atoms with E-state index < -0.39 is 0 Å². The maximum Gasteiger partial charge on any atom is 0.0215 e. The average Bonchev–Trinajstić information content (AvgIpc) is 2.30. The summed E-state index contributed by atoms with van der Waals surface area (Å²) in [7, 11) is 2.05. The Kier molecular flexibility index (Phi) is 2.40. The Morgan fingerprint density at radius 3 is 2.58 bits per heavy atom. The molecule has 0 radical (unpaired) electrons. The molecule has 0 fully saturated rings. The molecule has 1 rings (SSSR count). The fraction of sp³-hybridized carbons (Fsp3) is 0.273. The largest absolute Gasteiger partial charge is 0.352 e. The maximum atomic E-state index is 5.13. The van der Waals surface area contributed by atoms with Gasteiger partial charge >= 0.3 is 0 Å². The summed E-state index contributed by atoms with van der Waals surface area (Å²) < 4.78 is 2.15. The van der Waals surface area contributed by atoms with E-state index in [1.807, 2.05) is 6.08 Å². The maximum absolute atomic E-state index is 5.13. The topological polar surface area (TPSA) is 4.93 Å². The molecule has 12 heavy (non-hydrogen) atoms. The summed E-state index contributed by atoms with van der Waals surface area (Å²) in [5.74, 6) is 2.48. The van der Waals surface area contributed by atoms with Crippen molar-refractivity contribution in [2.75, 3.05) is 0 Å². The summed E-state index contributed by atoms with van der Waals surface area (Å²) in [5, 5.41) is 0. The zero-order valence-corrected chi connectivity index (χ0v) is 7.76. The molecule has 0 N–H and O–H groups in total. The molecule has 0 aliphatic heterocycles. The SMILES string of the molecule is C#C/C=C\c1cc(C)n(C)c1C. The molecule has 0 saturated heterocycles. The van der Waals surface area contributed by atoms with Crippen LogP contribution in [0.25, 0.3) is 6.08 Å². The van der Waals surface area contributed by atoms with Gasteiger partial charge in [-0.05, 0) is 37.6 Å². The van der Waals surface area contributed by atoms with Crippen LogP contribution in [0.2, 0.25) is 0 Å². The molecule has 0 amide bonds. The van der Waals surface area contributed by atoms with E-state index in [0.717, 1.165) is 0 Å². The van der Waals surface area contributed by atoms with Crippen LogP contribution in [-0.2, 0) is 7.05 Å². The molecule has 0 bridgehead atoms. The van der Waals surface area contributed by atoms with Gasteiger partial charge in [0, 0.05) is 18.4 Å². The lowest BCUT2D eigenvalue weighted by Gasteiger charge is -1.98. The lowest BCUT2D eigenvalue weighted by atomic mass is 10.2. The van der Waals surface area contributed by atoms with E-state index in [4.69, 9.17) is 6.42 Å². The Morgan fingerprint density at radius 1 is 1.50 bits per heavy atom. The van der Waals surface area contributed by atoms with Gasteiger partial charge in [-0.25, -0.2) is 0 Å². The molecule has 1 nitrogen and oxygen atoms in total. The zero-order chi connectivity index (χ0) is 9.14. The van der Waals surface area contributed by atoms with E-state index in [9.17, 15) is 0 Å². The van der Waals surface area contributed by atoms with Crippen LogP contribution in [0.3, 0.4) is 0 Å². The summed E-state index contributed by atoms with van der Waals surface area (Å²) in [6, 6.07) is 2.13. The summed E-state index contributed by atoms with van der Waals surface area (Å²) in [4.78, 5) is 0. The van der Waals surface area contributed by atoms with Crippen molar-refractivity contribution in [2.24, 2.45) is 7.05 Å². The fourth-order valence-corrected chi connectivity index (χ4v) is 1.19. The minimum absolute atomic E-state index is 1.20. The fourth-order valence-electron chi connectivity index (χ4n) is 1.19. The van der Waals surface area contributed by atoms with Crippen molar-refractivity contribution in [1.29, 1.82) is 0 Å². The van der Waals surface area contributed by atoms with E-state index in [1.54, 1.807) is 6.08 Å². The molecule has 1 aromatic rings. The highest BCUT2D eigenvalue weighted by atomic mass is 14.9. The quantitative estimate of drug-likeness (QED) is 0.554. The predicted octanol–water partition coefficient (Wildman–Crippen LogP) is 2.29. The molecule has 0 saturated carbocycles. The second kappa shape index (κ2) is 3.32. The van der Waals surface area contributed by atoms with Crippen LogP contribution < -0.4 is 0 Å². The van der Waals surface area contributed by atoms with E-state index >= 15 is 0 Å². The second-order valence-corrected chi connectivity index (χ2v) is 2.89. The average molecular weight is 159 g/mol. The predicted molar refractivity (Wildman–Crippen MR) is 52.8 cm³/mol. The number of hydrogen-bond acceptors (Lipinski definition) is 0. The Morgan fingerprint density at radius 2 is 2.17 bits per heavy atom. The number of aromatic nitrogens is 1. The molecule has 0 aromatic carbocycles. The van der Waals surface area contributed by atoms with Gasteiger partial charge in [0.15, 0.2) is 0 Å². The third-order valence-electron chi connectivity index (χ3n) is 2.17. The minimum Gasteiger partial charge on any atom is -0.352 e. The molecule has 0 unspecified atom stereocenters. The number of hydrogen-bond donors (Lipinski definition) is 0. The Hall–Kier alpha value is -1.42. The monoisotopic (exact) mass is 159 g/mol. The highest BCUT2D eigenvalue weighted by Gasteiger charge is 2.01. The summed E-state index contributed by atoms with van der Waals surface area (Å²) in [6.45, 7) is 4.17. The number of nitrogens with zero attached hydrogens (tertiary/aromatic N) is 1. The van der Waals surface area contributed by atoms with Crippen LogP contribution in [0.15, 0.2) is 12.1 Å². The van der Waals surface area contributed by atoms with Crippen molar-refractivity contribution in [3.05, 3.63) is 29.1 Å². The van der Waals surface area contributed by atoms with Crippen LogP contribution in [0.4, 0.5) is 0 Å². The summed E-state index contributed by atoms with van der Waals surface area (Å²) in [5.41, 5.74) is 3.70. The molecule has 1 aromatic heterocycles. The number of aryl methyl sites for hydroxylation is 1. The van der Waals surface area contributed by atoms with Crippen molar-refractivity contribution in [2.45, 2.75) is 13.8 Å². The van der Waals surface area contributed by atoms with Crippen molar-refractivity contribution < 1.29 is 0 Å². The van der Waals surface area contributed by atoms with Crippen LogP contribution in [0, 0.1) is 26.2 Å². The first-order valence-corrected chi connectivity index (χ1v) is 3.92. The lowest BCUT2D eigenvalue weighted by molar-refractivity contribution is 0.843. The molecule has 1 heteroatoms. The zero-order valence-electron chi connectivity index (χ0n) is 7.76. The minimum atomic E-state index is 1.20. The van der Waals surface area contributed by atoms with Gasteiger partial charge in [-0.15, -0.1) is 6.42 Å². The molecular formula is C11H13N. The van der Waals surface area contributed by atoms with Gasteiger partial charge in [0.1, 0.15) is 0 Å². The molecule has 0 aliphatic rings. The first-order valence-electron chi connectivity index (χ1n) is 3.92. The smallest absolute Gasteiger partial charge is 0.0215 e. The first kappa shape index (κ1) is 8.67. The van der Waals surface area contributed by atoms with Crippen molar-refractivity contribution in [1.82, 2.24) is 4.57 Å². The van der Waals surface area contributed by atoms with E-state index in [0.29, 0.717) is 0 Å². The molecule has 0 spiro atoms. The second-order valence-electron chi connectivity index (χ2n) is 2.89. The number of terminal acetylenes is 1. The highest BCUT2D eigenvalue weighted by Crippen LogP contribution is 2.14. The Bertz CT molecular complexity index is 348. The Balaban J connectivity index is 3.11. The lowest BCUT2D eigenvalue weighted by Crippen LogP contribution is -1.92. The third kappa shape index (κ3) is 1.43. The van der Waals surface area contributed by atoms with Crippen LogP contribution in [-0.4, -0.2) is 4.57 Å². The van der Waals surface area contributed by atoms with E-state index in [2.05, 4.69) is 37.4 Å². The normalized spacial score (nSPS) is 10.5. The van der Waals surface area contributed by atoms with Gasteiger partial charge in [0.2, 0.25) is 0 Å². The molecule has 0 aliphatic carbocycles. The molecule has 62 valence electrons. The molecule has 1 heterocycles. The van der Waals surface area contributed by atoms with E-state index in [1.165, 1.54) is 17.0 Å². The number of rotatable bonds is 1. The van der Waals surface area contributed by atoms with Crippen molar-refractivity contribution >= 4 is 6.08 Å². The van der Waals surface area contributed by atoms with Crippen LogP contribution >= 0.6 is 0 Å². The Labute approximate surface area is 73.7 Å². The molecular weight excluding hydrogens is 146 g/mol. The van der Waals surface area contributed by atoms with Gasteiger partial charge < -0.3 is 4.57 Å². The highest BCUT2D eigenvalue weighted by molar-refractivity contribution is 5.56. The van der Waals surface area contributed by atoms with Gasteiger partial charge in [0.25, 0.3) is 0 Å². The summed E-state index contributed by atoms with van der Waals surface area (Å²) in [6.07, 6.45) is 8.81. The van der Waals surface area contributed by atoms with Gasteiger partial charge in [-0.1, -0.05) is 5.92 Å². The number of allylic oxidation sites excluding steroid dienone is 1. The van der Waals surface area contributed by atoms with E-state index in [-0.39, 0.29) is 0 Å². The van der Waals surface area contributed by atoms with Gasteiger partial charge in [-0.2, -0.15) is 0 Å². The van der Waals surface area contributed by atoms with Gasteiger partial charge in [0.05, 0.1) is 0 Å². The van der Waals surface area contributed by atoms with Gasteiger partial charge in [-0.3, -0.25) is 0 Å². The summed E-state index contributed by atoms with van der Waals surface area (Å²) >= 11 is 0. The van der Waals surface area contributed by atoms with Crippen LogP contribution in [0.5, 0.6) is 0 Å². The third-order valence-corrected chi connectivity index (χ3v) is 2.17. The standard InChI is InChI=1S/C11H13N/c1-5-6-7-11-8-9(2)12(4)10(11)3/h1,6-8H,2-4H3/b7-6-. The molecule has 0 atom stereocenters. The first-order chi connectivity index (χ1) is 5.66. The van der Waals surface area contributed by atoms with Crippen molar-refractivity contribution in [3.63, 3.8) is 0 Å².